The minimum atomic E-state index is -0.470. The topological polar surface area (TPSA) is 62.3 Å². The standard InChI is InChI=1S/C17H31N3O4/c1-17(2,3)24-15(21)10-23-14-8-6-13(7-9-14)20-11-18(4)16(22)19(5)12-20/h13-14H,6-12H2,1-5H3. The van der Waals surface area contributed by atoms with Gasteiger partial charge in [-0.05, 0) is 46.5 Å². The van der Waals surface area contributed by atoms with Gasteiger partial charge >= 0.3 is 12.0 Å². The molecule has 1 aliphatic heterocycles. The van der Waals surface area contributed by atoms with Gasteiger partial charge in [0.05, 0.1) is 19.4 Å². The number of esters is 1. The molecule has 0 aromatic carbocycles. The third-order valence-corrected chi connectivity index (χ3v) is 4.46. The summed E-state index contributed by atoms with van der Waals surface area (Å²) in [5.41, 5.74) is -0.470. The Kier molecular flexibility index (Phi) is 6.09. The normalized spacial score (nSPS) is 26.6. The van der Waals surface area contributed by atoms with Gasteiger partial charge in [-0.15, -0.1) is 0 Å². The van der Waals surface area contributed by atoms with Crippen LogP contribution in [-0.2, 0) is 14.3 Å². The van der Waals surface area contributed by atoms with E-state index in [0.717, 1.165) is 25.7 Å². The van der Waals surface area contributed by atoms with Crippen molar-refractivity contribution >= 4 is 12.0 Å². The first kappa shape index (κ1) is 19.0. The molecule has 0 aromatic rings. The second-order valence-electron chi connectivity index (χ2n) is 7.88. The fourth-order valence-electron chi connectivity index (χ4n) is 3.37. The van der Waals surface area contributed by atoms with Crippen molar-refractivity contribution in [1.29, 1.82) is 0 Å². The van der Waals surface area contributed by atoms with Gasteiger partial charge in [0.15, 0.2) is 0 Å². The first-order valence-electron chi connectivity index (χ1n) is 8.69. The Morgan fingerprint density at radius 3 is 2.12 bits per heavy atom. The van der Waals surface area contributed by atoms with E-state index >= 15 is 0 Å². The van der Waals surface area contributed by atoms with Crippen LogP contribution >= 0.6 is 0 Å². The molecular formula is C17H31N3O4. The average Bonchev–Trinajstić information content (AvgIpc) is 2.49. The van der Waals surface area contributed by atoms with Gasteiger partial charge in [-0.2, -0.15) is 0 Å². The van der Waals surface area contributed by atoms with Crippen molar-refractivity contribution in [3.05, 3.63) is 0 Å². The van der Waals surface area contributed by atoms with Crippen molar-refractivity contribution in [3.63, 3.8) is 0 Å². The molecule has 138 valence electrons. The summed E-state index contributed by atoms with van der Waals surface area (Å²) in [6.07, 6.45) is 4.04. The lowest BCUT2D eigenvalue weighted by atomic mass is 9.92. The van der Waals surface area contributed by atoms with Crippen molar-refractivity contribution in [2.24, 2.45) is 0 Å². The van der Waals surface area contributed by atoms with Gasteiger partial charge in [0.1, 0.15) is 12.2 Å². The summed E-state index contributed by atoms with van der Waals surface area (Å²) in [6, 6.07) is 0.532. The Morgan fingerprint density at radius 2 is 1.62 bits per heavy atom. The molecule has 7 nitrogen and oxygen atoms in total. The van der Waals surface area contributed by atoms with Gasteiger partial charge < -0.3 is 19.3 Å². The summed E-state index contributed by atoms with van der Waals surface area (Å²) >= 11 is 0. The number of carbonyl (C=O) groups excluding carboxylic acids is 2. The highest BCUT2D eigenvalue weighted by molar-refractivity contribution is 5.74. The third kappa shape index (κ3) is 5.34. The van der Waals surface area contributed by atoms with Gasteiger partial charge in [-0.1, -0.05) is 0 Å². The van der Waals surface area contributed by atoms with Crippen LogP contribution in [0.5, 0.6) is 0 Å². The summed E-state index contributed by atoms with van der Waals surface area (Å²) < 4.78 is 11.0. The monoisotopic (exact) mass is 341 g/mol. The zero-order chi connectivity index (χ0) is 17.9. The lowest BCUT2D eigenvalue weighted by molar-refractivity contribution is -0.163. The maximum atomic E-state index is 11.8. The molecule has 0 radical (unpaired) electrons. The predicted octanol–water partition coefficient (Wildman–Crippen LogP) is 1.87. The number of rotatable bonds is 4. The number of carbonyl (C=O) groups is 2. The molecule has 2 rings (SSSR count). The first-order chi connectivity index (χ1) is 11.2. The number of amides is 2. The predicted molar refractivity (Wildman–Crippen MR) is 90.3 cm³/mol. The summed E-state index contributed by atoms with van der Waals surface area (Å²) in [5.74, 6) is -0.303. The minimum absolute atomic E-state index is 0.0241. The van der Waals surface area contributed by atoms with Crippen LogP contribution in [-0.4, -0.2) is 78.5 Å². The number of nitrogens with zero attached hydrogens (tertiary/aromatic N) is 3. The zero-order valence-electron chi connectivity index (χ0n) is 15.6. The molecule has 2 fully saturated rings. The first-order valence-corrected chi connectivity index (χ1v) is 8.69. The molecular weight excluding hydrogens is 310 g/mol. The molecule has 24 heavy (non-hydrogen) atoms. The lowest BCUT2D eigenvalue weighted by Gasteiger charge is -2.44. The molecule has 1 heterocycles. The van der Waals surface area contributed by atoms with Crippen LogP contribution < -0.4 is 0 Å². The molecule has 0 N–H and O–H groups in total. The summed E-state index contributed by atoms with van der Waals surface area (Å²) in [4.78, 5) is 29.4. The second kappa shape index (κ2) is 7.70. The molecule has 2 amide bonds. The molecule has 7 heteroatoms. The number of hydrogen-bond acceptors (Lipinski definition) is 5. The molecule has 0 aromatic heterocycles. The van der Waals surface area contributed by atoms with Crippen LogP contribution in [0.25, 0.3) is 0 Å². The Labute approximate surface area is 144 Å². The Balaban J connectivity index is 1.72. The average molecular weight is 341 g/mol. The van der Waals surface area contributed by atoms with E-state index < -0.39 is 5.60 Å². The Hall–Kier alpha value is -1.34. The van der Waals surface area contributed by atoms with E-state index in [1.54, 1.807) is 9.80 Å². The van der Waals surface area contributed by atoms with Crippen molar-refractivity contribution < 1.29 is 19.1 Å². The smallest absolute Gasteiger partial charge is 0.332 e. The quantitative estimate of drug-likeness (QED) is 0.731. The van der Waals surface area contributed by atoms with Crippen molar-refractivity contribution in [2.45, 2.75) is 64.2 Å². The Bertz CT molecular complexity index is 441. The fraction of sp³-hybridized carbons (Fsp3) is 0.882. The molecule has 0 atom stereocenters. The summed E-state index contributed by atoms with van der Waals surface area (Å²) in [7, 11) is 3.67. The van der Waals surface area contributed by atoms with E-state index in [0.29, 0.717) is 19.4 Å². The molecule has 1 saturated carbocycles. The highest BCUT2D eigenvalue weighted by Gasteiger charge is 2.32. The molecule has 0 bridgehead atoms. The van der Waals surface area contributed by atoms with Crippen LogP contribution in [0.3, 0.4) is 0 Å². The van der Waals surface area contributed by atoms with E-state index in [9.17, 15) is 9.59 Å². The van der Waals surface area contributed by atoms with Gasteiger partial charge in [-0.3, -0.25) is 4.90 Å². The Morgan fingerprint density at radius 1 is 1.08 bits per heavy atom. The molecule has 0 spiro atoms. The minimum Gasteiger partial charge on any atom is -0.458 e. The van der Waals surface area contributed by atoms with Gasteiger partial charge in [-0.25, -0.2) is 9.59 Å². The van der Waals surface area contributed by atoms with E-state index in [4.69, 9.17) is 9.47 Å². The van der Waals surface area contributed by atoms with Crippen LogP contribution in [0.1, 0.15) is 46.5 Å². The van der Waals surface area contributed by atoms with E-state index in [1.165, 1.54) is 0 Å². The molecule has 1 saturated heterocycles. The van der Waals surface area contributed by atoms with Crippen LogP contribution in [0.2, 0.25) is 0 Å². The fourth-order valence-corrected chi connectivity index (χ4v) is 3.37. The molecule has 1 aliphatic carbocycles. The maximum absolute atomic E-state index is 11.8. The maximum Gasteiger partial charge on any atom is 0.332 e. The van der Waals surface area contributed by atoms with E-state index in [1.807, 2.05) is 34.9 Å². The van der Waals surface area contributed by atoms with E-state index in [2.05, 4.69) is 4.90 Å². The number of urea groups is 1. The summed E-state index contributed by atoms with van der Waals surface area (Å²) in [6.45, 7) is 6.94. The molecule has 0 unspecified atom stereocenters. The largest absolute Gasteiger partial charge is 0.458 e. The van der Waals surface area contributed by atoms with Crippen LogP contribution in [0, 0.1) is 0 Å². The van der Waals surface area contributed by atoms with Gasteiger partial charge in [0, 0.05) is 20.1 Å². The van der Waals surface area contributed by atoms with Gasteiger partial charge in [0.25, 0.3) is 0 Å². The van der Waals surface area contributed by atoms with Crippen LogP contribution in [0.4, 0.5) is 4.79 Å². The lowest BCUT2D eigenvalue weighted by Crippen LogP contribution is -2.58. The van der Waals surface area contributed by atoms with Crippen molar-refractivity contribution in [2.75, 3.05) is 34.0 Å². The number of ether oxygens (including phenoxy) is 2. The van der Waals surface area contributed by atoms with Crippen molar-refractivity contribution in [1.82, 2.24) is 14.7 Å². The molecule has 2 aliphatic rings. The second-order valence-corrected chi connectivity index (χ2v) is 7.88. The van der Waals surface area contributed by atoms with Gasteiger partial charge in [0.2, 0.25) is 0 Å². The SMILES string of the molecule is CN1CN(C2CCC(OCC(=O)OC(C)(C)C)CC2)CN(C)C1=O. The highest BCUT2D eigenvalue weighted by Crippen LogP contribution is 2.26. The zero-order valence-corrected chi connectivity index (χ0v) is 15.6. The van der Waals surface area contributed by atoms with Crippen molar-refractivity contribution in [3.8, 4) is 0 Å². The summed E-state index contributed by atoms with van der Waals surface area (Å²) in [5, 5.41) is 0. The van der Waals surface area contributed by atoms with E-state index in [-0.39, 0.29) is 24.7 Å². The van der Waals surface area contributed by atoms with Crippen LogP contribution in [0.15, 0.2) is 0 Å². The number of hydrogen-bond donors (Lipinski definition) is 0. The highest BCUT2D eigenvalue weighted by atomic mass is 16.6. The third-order valence-electron chi connectivity index (χ3n) is 4.46.